The first kappa shape index (κ1) is 25.9. The standard InChI is InChI=1S/C41H31N3/c1-3-37(39(42)29-13-6-4-7-14-29)44-40-27(2)24-32(26-36(40)35-20-18-28-12-10-11-17-34(28)41(35)44)30-19-21-38-31(25-30)22-23-43(38)33-15-8-5-9-16-33/h3-26H,1,42H2,2H3/b39-37+. The highest BCUT2D eigenvalue weighted by Gasteiger charge is 2.20. The first-order valence-corrected chi connectivity index (χ1v) is 14.9. The molecule has 0 saturated heterocycles. The van der Waals surface area contributed by atoms with E-state index in [1.807, 2.05) is 24.3 Å². The van der Waals surface area contributed by atoms with Crippen LogP contribution in [0.25, 0.3) is 71.7 Å². The molecule has 0 unspecified atom stereocenters. The van der Waals surface area contributed by atoms with Crippen molar-refractivity contribution in [1.29, 1.82) is 0 Å². The Morgan fingerprint density at radius 3 is 2.18 bits per heavy atom. The van der Waals surface area contributed by atoms with Crippen LogP contribution in [0.1, 0.15) is 11.1 Å². The minimum Gasteiger partial charge on any atom is -0.397 e. The van der Waals surface area contributed by atoms with E-state index in [4.69, 9.17) is 5.73 Å². The highest BCUT2D eigenvalue weighted by molar-refractivity contribution is 6.21. The summed E-state index contributed by atoms with van der Waals surface area (Å²) >= 11 is 0. The van der Waals surface area contributed by atoms with Gasteiger partial charge in [0.15, 0.2) is 0 Å². The Morgan fingerprint density at radius 1 is 0.636 bits per heavy atom. The summed E-state index contributed by atoms with van der Waals surface area (Å²) in [6.07, 6.45) is 4.04. The van der Waals surface area contributed by atoms with E-state index in [0.29, 0.717) is 5.70 Å². The van der Waals surface area contributed by atoms with Gasteiger partial charge in [0, 0.05) is 33.4 Å². The first-order chi connectivity index (χ1) is 21.6. The van der Waals surface area contributed by atoms with E-state index in [1.54, 1.807) is 0 Å². The monoisotopic (exact) mass is 565 g/mol. The molecule has 0 aliphatic rings. The van der Waals surface area contributed by atoms with Gasteiger partial charge in [-0.1, -0.05) is 97.6 Å². The van der Waals surface area contributed by atoms with Crippen molar-refractivity contribution in [1.82, 2.24) is 9.13 Å². The number of benzene rings is 6. The predicted molar refractivity (Wildman–Crippen MR) is 188 cm³/mol. The molecule has 0 radical (unpaired) electrons. The Morgan fingerprint density at radius 2 is 1.39 bits per heavy atom. The van der Waals surface area contributed by atoms with Gasteiger partial charge in [-0.3, -0.25) is 0 Å². The normalized spacial score (nSPS) is 12.3. The van der Waals surface area contributed by atoms with Crippen LogP contribution in [-0.4, -0.2) is 9.13 Å². The molecule has 0 saturated carbocycles. The molecule has 0 fully saturated rings. The van der Waals surface area contributed by atoms with Crippen molar-refractivity contribution in [2.75, 3.05) is 0 Å². The molecular formula is C41H31N3. The predicted octanol–water partition coefficient (Wildman–Crippen LogP) is 10.3. The average molecular weight is 566 g/mol. The largest absolute Gasteiger partial charge is 0.397 e. The Hall–Kier alpha value is -5.80. The van der Waals surface area contributed by atoms with Gasteiger partial charge in [-0.2, -0.15) is 0 Å². The number of aromatic nitrogens is 2. The summed E-state index contributed by atoms with van der Waals surface area (Å²) < 4.78 is 4.57. The summed E-state index contributed by atoms with van der Waals surface area (Å²) in [5.41, 5.74) is 17.7. The van der Waals surface area contributed by atoms with Crippen molar-refractivity contribution in [3.63, 3.8) is 0 Å². The van der Waals surface area contributed by atoms with E-state index in [2.05, 4.69) is 144 Å². The van der Waals surface area contributed by atoms with E-state index in [-0.39, 0.29) is 0 Å². The van der Waals surface area contributed by atoms with Gasteiger partial charge in [0.1, 0.15) is 0 Å². The van der Waals surface area contributed by atoms with Crippen LogP contribution in [0.3, 0.4) is 0 Å². The molecule has 2 heterocycles. The SMILES string of the molecule is C=C/C(=C(\N)c1ccccc1)n1c2c(C)cc(-c3ccc4c(ccn4-c4ccccc4)c3)cc2c2ccc3ccccc3c21. The van der Waals surface area contributed by atoms with Crippen LogP contribution < -0.4 is 5.73 Å². The maximum absolute atomic E-state index is 6.92. The molecule has 0 atom stereocenters. The molecule has 8 rings (SSSR count). The fourth-order valence-electron chi connectivity index (χ4n) is 6.74. The van der Waals surface area contributed by atoms with Crippen molar-refractivity contribution in [2.24, 2.45) is 5.73 Å². The van der Waals surface area contributed by atoms with Crippen molar-refractivity contribution < 1.29 is 0 Å². The zero-order valence-corrected chi connectivity index (χ0v) is 24.5. The molecule has 3 heteroatoms. The maximum Gasteiger partial charge on any atom is 0.0692 e. The number of nitrogens with two attached hydrogens (primary N) is 1. The fourth-order valence-corrected chi connectivity index (χ4v) is 6.74. The Balaban J connectivity index is 1.40. The molecule has 8 aromatic rings. The zero-order valence-electron chi connectivity index (χ0n) is 24.5. The van der Waals surface area contributed by atoms with Gasteiger partial charge in [0.2, 0.25) is 0 Å². The summed E-state index contributed by atoms with van der Waals surface area (Å²) in [5, 5.41) is 5.98. The number of nitrogens with zero attached hydrogens (tertiary/aromatic N) is 2. The number of fused-ring (bicyclic) bond motifs is 6. The maximum atomic E-state index is 6.92. The van der Waals surface area contributed by atoms with Crippen LogP contribution in [-0.2, 0) is 0 Å². The molecule has 44 heavy (non-hydrogen) atoms. The van der Waals surface area contributed by atoms with E-state index < -0.39 is 0 Å². The van der Waals surface area contributed by atoms with Gasteiger partial charge in [-0.05, 0) is 83.1 Å². The van der Waals surface area contributed by atoms with Gasteiger partial charge >= 0.3 is 0 Å². The number of hydrogen-bond acceptors (Lipinski definition) is 1. The second kappa shape index (κ2) is 10.2. The fraction of sp³-hybridized carbons (Fsp3) is 0.0244. The van der Waals surface area contributed by atoms with Crippen LogP contribution in [0.5, 0.6) is 0 Å². The third-order valence-corrected chi connectivity index (χ3v) is 8.79. The lowest BCUT2D eigenvalue weighted by Crippen LogP contribution is -2.06. The lowest BCUT2D eigenvalue weighted by atomic mass is 9.98. The molecule has 0 bridgehead atoms. The first-order valence-electron chi connectivity index (χ1n) is 14.9. The molecular weight excluding hydrogens is 534 g/mol. The minimum atomic E-state index is 0.698. The van der Waals surface area contributed by atoms with Crippen LogP contribution in [0.2, 0.25) is 0 Å². The third-order valence-electron chi connectivity index (χ3n) is 8.79. The van der Waals surface area contributed by atoms with E-state index in [0.717, 1.165) is 28.0 Å². The summed E-state index contributed by atoms with van der Waals surface area (Å²) in [4.78, 5) is 0. The molecule has 3 nitrogen and oxygen atoms in total. The van der Waals surface area contributed by atoms with Crippen LogP contribution in [0, 0.1) is 6.92 Å². The molecule has 0 aliphatic carbocycles. The van der Waals surface area contributed by atoms with Crippen LogP contribution in [0.4, 0.5) is 0 Å². The molecule has 2 aromatic heterocycles. The molecule has 0 spiro atoms. The Labute approximate surface area is 256 Å². The smallest absolute Gasteiger partial charge is 0.0692 e. The highest BCUT2D eigenvalue weighted by Crippen LogP contribution is 2.41. The Kier molecular flexibility index (Phi) is 5.99. The van der Waals surface area contributed by atoms with Gasteiger partial charge in [0.05, 0.1) is 27.9 Å². The lowest BCUT2D eigenvalue weighted by Gasteiger charge is -2.16. The number of allylic oxidation sites excluding steroid dienone is 2. The van der Waals surface area contributed by atoms with E-state index >= 15 is 0 Å². The van der Waals surface area contributed by atoms with Gasteiger partial charge in [-0.25, -0.2) is 0 Å². The lowest BCUT2D eigenvalue weighted by molar-refractivity contribution is 1.13. The molecule has 0 amide bonds. The quantitative estimate of drug-likeness (QED) is 0.207. The second-order valence-corrected chi connectivity index (χ2v) is 11.4. The average Bonchev–Trinajstić information content (AvgIpc) is 3.65. The zero-order chi connectivity index (χ0) is 29.8. The van der Waals surface area contributed by atoms with E-state index in [9.17, 15) is 0 Å². The van der Waals surface area contributed by atoms with Crippen LogP contribution in [0.15, 0.2) is 152 Å². The molecule has 2 N–H and O–H groups in total. The van der Waals surface area contributed by atoms with Gasteiger partial charge in [-0.15, -0.1) is 0 Å². The van der Waals surface area contributed by atoms with Crippen molar-refractivity contribution in [3.05, 3.63) is 163 Å². The molecule has 6 aromatic carbocycles. The topological polar surface area (TPSA) is 35.9 Å². The van der Waals surface area contributed by atoms with E-state index in [1.165, 1.54) is 49.1 Å². The Bertz CT molecular complexity index is 2400. The highest BCUT2D eigenvalue weighted by atomic mass is 15.0. The van der Waals surface area contributed by atoms with Crippen LogP contribution >= 0.6 is 0 Å². The summed E-state index contributed by atoms with van der Waals surface area (Å²) in [7, 11) is 0. The van der Waals surface area contributed by atoms with Crippen molar-refractivity contribution >= 4 is 54.9 Å². The number of para-hydroxylation sites is 1. The van der Waals surface area contributed by atoms with Gasteiger partial charge in [0.25, 0.3) is 0 Å². The number of rotatable bonds is 5. The second-order valence-electron chi connectivity index (χ2n) is 11.4. The van der Waals surface area contributed by atoms with Gasteiger partial charge < -0.3 is 14.9 Å². The number of hydrogen-bond donors (Lipinski definition) is 1. The minimum absolute atomic E-state index is 0.698. The van der Waals surface area contributed by atoms with Crippen molar-refractivity contribution in [3.8, 4) is 16.8 Å². The summed E-state index contributed by atoms with van der Waals surface area (Å²) in [6.45, 7) is 6.45. The number of aryl methyl sites for hydroxylation is 1. The molecule has 210 valence electrons. The summed E-state index contributed by atoms with van der Waals surface area (Å²) in [5.74, 6) is 0. The van der Waals surface area contributed by atoms with Crippen molar-refractivity contribution in [2.45, 2.75) is 6.92 Å². The summed E-state index contributed by atoms with van der Waals surface area (Å²) in [6, 6.07) is 47.3. The molecule has 0 aliphatic heterocycles. The third kappa shape index (κ3) is 3.98.